The van der Waals surface area contributed by atoms with Crippen LogP contribution in [0.3, 0.4) is 0 Å². The predicted octanol–water partition coefficient (Wildman–Crippen LogP) is -0.567. The maximum Gasteiger partial charge on any atom is 0.236 e. The van der Waals surface area contributed by atoms with Crippen LogP contribution in [0.25, 0.3) is 0 Å². The number of nitrogens with one attached hydrogen (secondary N) is 1. The van der Waals surface area contributed by atoms with Gasteiger partial charge >= 0.3 is 0 Å². The molecule has 1 amide bonds. The van der Waals surface area contributed by atoms with Crippen molar-refractivity contribution in [3.8, 4) is 0 Å². The summed E-state index contributed by atoms with van der Waals surface area (Å²) < 4.78 is 0. The molecule has 2 unspecified atom stereocenters. The number of rotatable bonds is 4. The minimum Gasteiger partial charge on any atom is -0.395 e. The number of nitrogens with zero attached hydrogens (tertiary/aromatic N) is 1. The number of hydrogen-bond donors (Lipinski definition) is 2. The summed E-state index contributed by atoms with van der Waals surface area (Å²) in [7, 11) is 3.43. The highest BCUT2D eigenvalue weighted by Gasteiger charge is 2.20. The zero-order valence-electron chi connectivity index (χ0n) is 8.16. The highest BCUT2D eigenvalue weighted by Crippen LogP contribution is 2.01. The SMILES string of the molecule is CNC(=O)C(C)N(C)C(C)CO. The Balaban J connectivity index is 4.08. The van der Waals surface area contributed by atoms with Gasteiger partial charge in [0, 0.05) is 13.1 Å². The summed E-state index contributed by atoms with van der Waals surface area (Å²) in [6, 6.07) is -0.186. The Hall–Kier alpha value is -0.610. The van der Waals surface area contributed by atoms with Crippen LogP contribution in [-0.2, 0) is 4.79 Å². The second-order valence-corrected chi connectivity index (χ2v) is 2.99. The molecule has 4 heteroatoms. The van der Waals surface area contributed by atoms with E-state index in [1.54, 1.807) is 7.05 Å². The first kappa shape index (κ1) is 11.4. The first-order valence-electron chi connectivity index (χ1n) is 4.09. The molecular weight excluding hydrogens is 156 g/mol. The molecule has 0 aliphatic rings. The van der Waals surface area contributed by atoms with Crippen molar-refractivity contribution in [3.05, 3.63) is 0 Å². The topological polar surface area (TPSA) is 52.6 Å². The van der Waals surface area contributed by atoms with Crippen LogP contribution in [0.4, 0.5) is 0 Å². The van der Waals surface area contributed by atoms with Crippen LogP contribution in [-0.4, -0.2) is 48.7 Å². The summed E-state index contributed by atoms with van der Waals surface area (Å²) in [4.78, 5) is 13.0. The Labute approximate surface area is 73.6 Å². The second-order valence-electron chi connectivity index (χ2n) is 2.99. The molecule has 0 saturated carbocycles. The molecule has 0 aromatic heterocycles. The van der Waals surface area contributed by atoms with Crippen molar-refractivity contribution in [2.45, 2.75) is 25.9 Å². The van der Waals surface area contributed by atoms with E-state index in [1.807, 2.05) is 25.8 Å². The lowest BCUT2D eigenvalue weighted by atomic mass is 10.2. The highest BCUT2D eigenvalue weighted by molar-refractivity contribution is 5.80. The molecule has 4 nitrogen and oxygen atoms in total. The Morgan fingerprint density at radius 1 is 1.58 bits per heavy atom. The maximum absolute atomic E-state index is 11.1. The molecule has 0 radical (unpaired) electrons. The minimum absolute atomic E-state index is 0.0114. The zero-order valence-corrected chi connectivity index (χ0v) is 8.16. The standard InChI is InChI=1S/C8H18N2O2/c1-6(5-11)10(4)7(2)8(12)9-3/h6-7,11H,5H2,1-4H3,(H,9,12). The second kappa shape index (κ2) is 5.11. The highest BCUT2D eigenvalue weighted by atomic mass is 16.3. The van der Waals surface area contributed by atoms with Gasteiger partial charge in [-0.1, -0.05) is 0 Å². The summed E-state index contributed by atoms with van der Waals surface area (Å²) in [5, 5.41) is 11.4. The first-order chi connectivity index (χ1) is 5.54. The van der Waals surface area contributed by atoms with Gasteiger partial charge in [-0.25, -0.2) is 0 Å². The van der Waals surface area contributed by atoms with E-state index in [0.29, 0.717) is 0 Å². The lowest BCUT2D eigenvalue weighted by Gasteiger charge is -2.28. The molecule has 72 valence electrons. The summed E-state index contributed by atoms with van der Waals surface area (Å²) in [6.07, 6.45) is 0. The van der Waals surface area contributed by atoms with E-state index >= 15 is 0 Å². The third-order valence-electron chi connectivity index (χ3n) is 2.20. The van der Waals surface area contributed by atoms with Crippen molar-refractivity contribution in [3.63, 3.8) is 0 Å². The van der Waals surface area contributed by atoms with Crippen molar-refractivity contribution in [1.82, 2.24) is 10.2 Å². The largest absolute Gasteiger partial charge is 0.395 e. The van der Waals surface area contributed by atoms with Crippen molar-refractivity contribution in [1.29, 1.82) is 0 Å². The van der Waals surface area contributed by atoms with Gasteiger partial charge in [-0.15, -0.1) is 0 Å². The molecule has 0 rings (SSSR count). The Morgan fingerprint density at radius 2 is 2.08 bits per heavy atom. The molecule has 0 aliphatic carbocycles. The molecule has 2 atom stereocenters. The summed E-state index contributed by atoms with van der Waals surface area (Å²) >= 11 is 0. The van der Waals surface area contributed by atoms with E-state index < -0.39 is 0 Å². The van der Waals surface area contributed by atoms with Gasteiger partial charge in [0.15, 0.2) is 0 Å². The van der Waals surface area contributed by atoms with E-state index in [0.717, 1.165) is 0 Å². The van der Waals surface area contributed by atoms with Gasteiger partial charge in [0.05, 0.1) is 12.6 Å². The molecule has 12 heavy (non-hydrogen) atoms. The third kappa shape index (κ3) is 2.79. The van der Waals surface area contributed by atoms with Crippen LogP contribution in [0.1, 0.15) is 13.8 Å². The minimum atomic E-state index is -0.197. The average molecular weight is 174 g/mol. The summed E-state index contributed by atoms with van der Waals surface area (Å²) in [6.45, 7) is 3.75. The number of carbonyl (C=O) groups excluding carboxylic acids is 1. The smallest absolute Gasteiger partial charge is 0.236 e. The maximum atomic E-state index is 11.1. The Bertz CT molecular complexity index is 150. The van der Waals surface area contributed by atoms with Crippen LogP contribution in [0.2, 0.25) is 0 Å². The first-order valence-corrected chi connectivity index (χ1v) is 4.09. The molecular formula is C8H18N2O2. The molecule has 0 saturated heterocycles. The predicted molar refractivity (Wildman–Crippen MR) is 47.8 cm³/mol. The van der Waals surface area contributed by atoms with Crippen LogP contribution < -0.4 is 5.32 Å². The average Bonchev–Trinajstić information content (AvgIpc) is 2.12. The van der Waals surface area contributed by atoms with E-state index in [9.17, 15) is 4.79 Å². The van der Waals surface area contributed by atoms with E-state index in [1.165, 1.54) is 0 Å². The van der Waals surface area contributed by atoms with Gasteiger partial charge in [-0.05, 0) is 20.9 Å². The van der Waals surface area contributed by atoms with Gasteiger partial charge in [0.25, 0.3) is 0 Å². The molecule has 2 N–H and O–H groups in total. The summed E-state index contributed by atoms with van der Waals surface area (Å²) in [5.41, 5.74) is 0. The van der Waals surface area contributed by atoms with Crippen LogP contribution in [0.15, 0.2) is 0 Å². The molecule has 0 spiro atoms. The Morgan fingerprint density at radius 3 is 2.42 bits per heavy atom. The van der Waals surface area contributed by atoms with Crippen molar-refractivity contribution in [2.75, 3.05) is 20.7 Å². The molecule has 0 heterocycles. The molecule has 0 aliphatic heterocycles. The fourth-order valence-corrected chi connectivity index (χ4v) is 0.904. The van der Waals surface area contributed by atoms with Gasteiger partial charge in [0.2, 0.25) is 5.91 Å². The monoisotopic (exact) mass is 174 g/mol. The van der Waals surface area contributed by atoms with E-state index in [2.05, 4.69) is 5.32 Å². The lowest BCUT2D eigenvalue weighted by Crippen LogP contribution is -2.47. The van der Waals surface area contributed by atoms with Crippen LogP contribution in [0.5, 0.6) is 0 Å². The fraction of sp³-hybridized carbons (Fsp3) is 0.875. The third-order valence-corrected chi connectivity index (χ3v) is 2.20. The quantitative estimate of drug-likeness (QED) is 0.600. The molecule has 0 bridgehead atoms. The van der Waals surface area contributed by atoms with Gasteiger partial charge in [0.1, 0.15) is 0 Å². The van der Waals surface area contributed by atoms with Crippen molar-refractivity contribution < 1.29 is 9.90 Å². The Kier molecular flexibility index (Phi) is 4.85. The molecule has 0 aromatic carbocycles. The van der Waals surface area contributed by atoms with Crippen LogP contribution >= 0.6 is 0 Å². The lowest BCUT2D eigenvalue weighted by molar-refractivity contribution is -0.125. The van der Waals surface area contributed by atoms with E-state index in [4.69, 9.17) is 5.11 Å². The van der Waals surface area contributed by atoms with Gasteiger partial charge in [-0.2, -0.15) is 0 Å². The number of aliphatic hydroxyl groups excluding tert-OH is 1. The number of aliphatic hydroxyl groups is 1. The van der Waals surface area contributed by atoms with Gasteiger partial charge < -0.3 is 10.4 Å². The number of hydrogen-bond acceptors (Lipinski definition) is 3. The fourth-order valence-electron chi connectivity index (χ4n) is 0.904. The normalized spacial score (nSPS) is 15.8. The molecule has 0 aromatic rings. The summed E-state index contributed by atoms with van der Waals surface area (Å²) in [5.74, 6) is -0.0298. The molecule has 0 fully saturated rings. The van der Waals surface area contributed by atoms with Crippen LogP contribution in [0, 0.1) is 0 Å². The number of carbonyl (C=O) groups is 1. The van der Waals surface area contributed by atoms with Crippen molar-refractivity contribution >= 4 is 5.91 Å². The number of likely N-dealkylation sites (N-methyl/N-ethyl adjacent to an activating group) is 2. The van der Waals surface area contributed by atoms with E-state index in [-0.39, 0.29) is 24.6 Å². The van der Waals surface area contributed by atoms with Crippen molar-refractivity contribution in [2.24, 2.45) is 0 Å². The van der Waals surface area contributed by atoms with Gasteiger partial charge in [-0.3, -0.25) is 9.69 Å². The number of amides is 1. The zero-order chi connectivity index (χ0) is 9.72.